The van der Waals surface area contributed by atoms with Gasteiger partial charge in [-0.25, -0.2) is 9.67 Å². The highest BCUT2D eigenvalue weighted by atomic mass is 32.2. The highest BCUT2D eigenvalue weighted by Crippen LogP contribution is 2.43. The van der Waals surface area contributed by atoms with Gasteiger partial charge in [-0.2, -0.15) is 5.26 Å². The summed E-state index contributed by atoms with van der Waals surface area (Å²) in [5.41, 5.74) is 3.30. The van der Waals surface area contributed by atoms with Crippen molar-refractivity contribution in [1.29, 1.82) is 5.26 Å². The molecule has 1 unspecified atom stereocenters. The molecule has 0 spiro atoms. The van der Waals surface area contributed by atoms with Gasteiger partial charge in [0, 0.05) is 17.2 Å². The van der Waals surface area contributed by atoms with Crippen LogP contribution in [0.25, 0.3) is 28.1 Å². The second-order valence-corrected chi connectivity index (χ2v) is 10.9. The number of H-pyrrole nitrogens is 1. The molecule has 44 heavy (non-hydrogen) atoms. The first-order valence-corrected chi connectivity index (χ1v) is 14.4. The number of nitrogens with zero attached hydrogens (tertiary/aromatic N) is 3. The molecule has 0 aliphatic rings. The second-order valence-electron chi connectivity index (χ2n) is 9.56. The fraction of sp³-hybridized carbons (Fsp3) is 0.152. The maximum atomic E-state index is 13.3. The van der Waals surface area contributed by atoms with Gasteiger partial charge in [0.05, 0.1) is 43.5 Å². The van der Waals surface area contributed by atoms with E-state index in [9.17, 15) is 14.9 Å². The van der Waals surface area contributed by atoms with E-state index in [2.05, 4.69) is 16.5 Å². The molecule has 2 heterocycles. The largest absolute Gasteiger partial charge is 0.493 e. The molecular weight excluding hydrogens is 578 g/mol. The standard InChI is InChI=1S/C33H29N5O5S/c1-20(32(40)36-29-18-30(39)38(37-29)23-13-9-6-10-14-23)44-33-25(19-34)24(17-26(35-33)21-11-7-5-8-12-21)22-15-27(41-2)31(43-4)28(16-22)42-3/h5-18,20,37H,1-4H3,(H,36,40). The van der Waals surface area contributed by atoms with E-state index in [1.54, 1.807) is 31.2 Å². The van der Waals surface area contributed by atoms with Crippen molar-refractivity contribution in [2.24, 2.45) is 0 Å². The fourth-order valence-corrected chi connectivity index (χ4v) is 5.55. The van der Waals surface area contributed by atoms with Gasteiger partial charge in [0.2, 0.25) is 11.7 Å². The van der Waals surface area contributed by atoms with Crippen LogP contribution in [0.15, 0.2) is 94.7 Å². The monoisotopic (exact) mass is 607 g/mol. The van der Waals surface area contributed by atoms with Crippen LogP contribution in [-0.4, -0.2) is 47.3 Å². The predicted octanol–water partition coefficient (Wildman–Crippen LogP) is 5.91. The van der Waals surface area contributed by atoms with Gasteiger partial charge in [-0.05, 0) is 42.8 Å². The number of hydrogen-bond acceptors (Lipinski definition) is 8. The average molecular weight is 608 g/mol. The third-order valence-corrected chi connectivity index (χ3v) is 7.88. The number of benzene rings is 3. The minimum atomic E-state index is -0.683. The Balaban J connectivity index is 1.53. The van der Waals surface area contributed by atoms with Gasteiger partial charge in [0.1, 0.15) is 16.9 Å². The minimum Gasteiger partial charge on any atom is -0.493 e. The first kappa shape index (κ1) is 30.0. The zero-order valence-electron chi connectivity index (χ0n) is 24.5. The zero-order valence-corrected chi connectivity index (χ0v) is 25.3. The van der Waals surface area contributed by atoms with E-state index in [1.165, 1.54) is 32.1 Å². The van der Waals surface area contributed by atoms with Crippen LogP contribution >= 0.6 is 11.8 Å². The van der Waals surface area contributed by atoms with E-state index in [0.29, 0.717) is 44.8 Å². The topological polar surface area (TPSA) is 131 Å². The number of ether oxygens (including phenoxy) is 3. The third-order valence-electron chi connectivity index (χ3n) is 6.79. The Bertz CT molecular complexity index is 1870. The molecule has 3 aromatic carbocycles. The average Bonchev–Trinajstić information content (AvgIpc) is 3.43. The lowest BCUT2D eigenvalue weighted by molar-refractivity contribution is -0.115. The van der Waals surface area contributed by atoms with Gasteiger partial charge in [0.25, 0.3) is 5.56 Å². The highest BCUT2D eigenvalue weighted by molar-refractivity contribution is 8.00. The van der Waals surface area contributed by atoms with Crippen LogP contribution in [0.3, 0.4) is 0 Å². The first-order chi connectivity index (χ1) is 21.4. The zero-order chi connectivity index (χ0) is 31.2. The second kappa shape index (κ2) is 13.2. The maximum Gasteiger partial charge on any atom is 0.273 e. The van der Waals surface area contributed by atoms with Crippen LogP contribution in [0.2, 0.25) is 0 Å². The Hall–Kier alpha value is -5.47. The molecule has 10 nitrogen and oxygen atoms in total. The lowest BCUT2D eigenvalue weighted by atomic mass is 9.98. The van der Waals surface area contributed by atoms with Crippen molar-refractivity contribution in [3.05, 3.63) is 101 Å². The number of carbonyl (C=O) groups excluding carboxylic acids is 1. The van der Waals surface area contributed by atoms with Crippen molar-refractivity contribution in [1.82, 2.24) is 14.8 Å². The molecule has 222 valence electrons. The van der Waals surface area contributed by atoms with E-state index in [0.717, 1.165) is 17.3 Å². The van der Waals surface area contributed by atoms with Crippen molar-refractivity contribution < 1.29 is 19.0 Å². The number of anilines is 1. The Morgan fingerprint density at radius 1 is 0.932 bits per heavy atom. The molecule has 2 aromatic heterocycles. The Labute approximate surface area is 258 Å². The number of amides is 1. The van der Waals surface area contributed by atoms with Crippen LogP contribution in [0, 0.1) is 11.3 Å². The number of thioether (sulfide) groups is 1. The molecule has 11 heteroatoms. The summed E-state index contributed by atoms with van der Waals surface area (Å²) in [6.07, 6.45) is 0. The fourth-order valence-electron chi connectivity index (χ4n) is 4.62. The van der Waals surface area contributed by atoms with E-state index in [1.807, 2.05) is 54.6 Å². The summed E-state index contributed by atoms with van der Waals surface area (Å²) in [6, 6.07) is 27.6. The van der Waals surface area contributed by atoms with Crippen LogP contribution in [0.1, 0.15) is 12.5 Å². The number of pyridine rings is 1. The first-order valence-electron chi connectivity index (χ1n) is 13.5. The van der Waals surface area contributed by atoms with Gasteiger partial charge in [-0.3, -0.25) is 14.7 Å². The summed E-state index contributed by atoms with van der Waals surface area (Å²) in [6.45, 7) is 1.71. The van der Waals surface area contributed by atoms with Crippen LogP contribution in [-0.2, 0) is 4.79 Å². The smallest absolute Gasteiger partial charge is 0.273 e. The SMILES string of the molecule is COc1cc(-c2cc(-c3ccccc3)nc(SC(C)C(=O)Nc3cc(=O)n(-c4ccccc4)[nH]3)c2C#N)cc(OC)c1OC. The van der Waals surface area contributed by atoms with E-state index in [-0.39, 0.29) is 22.8 Å². The van der Waals surface area contributed by atoms with Gasteiger partial charge in [-0.1, -0.05) is 60.3 Å². The number of aromatic nitrogens is 3. The third kappa shape index (κ3) is 6.16. The molecule has 0 radical (unpaired) electrons. The molecule has 0 saturated heterocycles. The summed E-state index contributed by atoms with van der Waals surface area (Å²) in [7, 11) is 4.57. The number of hydrogen-bond donors (Lipinski definition) is 2. The van der Waals surface area contributed by atoms with Crippen LogP contribution in [0.4, 0.5) is 5.82 Å². The van der Waals surface area contributed by atoms with Gasteiger partial charge >= 0.3 is 0 Å². The maximum absolute atomic E-state index is 13.3. The molecule has 1 amide bonds. The lowest BCUT2D eigenvalue weighted by Gasteiger charge is -2.18. The minimum absolute atomic E-state index is 0.251. The Kier molecular flexibility index (Phi) is 9.02. The number of para-hydroxylation sites is 1. The molecule has 2 N–H and O–H groups in total. The molecule has 5 rings (SSSR count). The summed E-state index contributed by atoms with van der Waals surface area (Å²) in [5.74, 6) is 1.17. The van der Waals surface area contributed by atoms with Crippen molar-refractivity contribution in [3.63, 3.8) is 0 Å². The van der Waals surface area contributed by atoms with E-state index >= 15 is 0 Å². The number of carbonyl (C=O) groups is 1. The molecule has 1 atom stereocenters. The molecule has 0 aliphatic carbocycles. The summed E-state index contributed by atoms with van der Waals surface area (Å²) in [4.78, 5) is 30.7. The van der Waals surface area contributed by atoms with Gasteiger partial charge < -0.3 is 19.5 Å². The lowest BCUT2D eigenvalue weighted by Crippen LogP contribution is -2.23. The Morgan fingerprint density at radius 3 is 2.16 bits per heavy atom. The number of aromatic amines is 1. The van der Waals surface area contributed by atoms with Crippen molar-refractivity contribution in [3.8, 4) is 51.4 Å². The van der Waals surface area contributed by atoms with E-state index in [4.69, 9.17) is 19.2 Å². The quantitative estimate of drug-likeness (QED) is 0.187. The molecule has 0 aliphatic heterocycles. The highest BCUT2D eigenvalue weighted by Gasteiger charge is 2.24. The molecule has 0 saturated carbocycles. The molecule has 0 bridgehead atoms. The van der Waals surface area contributed by atoms with Crippen molar-refractivity contribution in [2.45, 2.75) is 17.2 Å². The predicted molar refractivity (Wildman–Crippen MR) is 170 cm³/mol. The number of nitriles is 1. The van der Waals surface area contributed by atoms with Crippen LogP contribution < -0.4 is 25.1 Å². The molecule has 5 aromatic rings. The van der Waals surface area contributed by atoms with Crippen molar-refractivity contribution >= 4 is 23.5 Å². The number of methoxy groups -OCH3 is 3. The summed E-state index contributed by atoms with van der Waals surface area (Å²) >= 11 is 1.14. The number of nitrogens with one attached hydrogen (secondary N) is 2. The normalized spacial score (nSPS) is 11.3. The van der Waals surface area contributed by atoms with Crippen molar-refractivity contribution in [2.75, 3.05) is 26.6 Å². The van der Waals surface area contributed by atoms with Crippen LogP contribution in [0.5, 0.6) is 17.2 Å². The molecule has 0 fully saturated rings. The summed E-state index contributed by atoms with van der Waals surface area (Å²) in [5, 5.41) is 15.8. The summed E-state index contributed by atoms with van der Waals surface area (Å²) < 4.78 is 18.0. The Morgan fingerprint density at radius 2 is 1.57 bits per heavy atom. The number of rotatable bonds is 10. The van der Waals surface area contributed by atoms with E-state index < -0.39 is 5.25 Å². The molecular formula is C33H29N5O5S. The van der Waals surface area contributed by atoms with Gasteiger partial charge in [-0.15, -0.1) is 0 Å². The van der Waals surface area contributed by atoms with Gasteiger partial charge in [0.15, 0.2) is 11.5 Å².